The lowest BCUT2D eigenvalue weighted by atomic mass is 9.94. The van der Waals surface area contributed by atoms with Crippen LogP contribution >= 0.6 is 0 Å². The van der Waals surface area contributed by atoms with E-state index in [0.29, 0.717) is 12.8 Å². The molecule has 1 saturated carbocycles. The zero-order chi connectivity index (χ0) is 29.5. The Kier molecular flexibility index (Phi) is 9.54. The predicted molar refractivity (Wildman–Crippen MR) is 159 cm³/mol. The van der Waals surface area contributed by atoms with Gasteiger partial charge in [-0.25, -0.2) is 4.79 Å². The van der Waals surface area contributed by atoms with Crippen LogP contribution in [0.1, 0.15) is 61.6 Å². The average molecular weight is 571 g/mol. The third-order valence-electron chi connectivity index (χ3n) is 8.39. The molecule has 2 amide bonds. The van der Waals surface area contributed by atoms with Crippen LogP contribution in [0.2, 0.25) is 0 Å². The van der Waals surface area contributed by atoms with Gasteiger partial charge in [-0.1, -0.05) is 98.1 Å². The van der Waals surface area contributed by atoms with Crippen molar-refractivity contribution < 1.29 is 29.0 Å². The van der Waals surface area contributed by atoms with Gasteiger partial charge in [-0.15, -0.1) is 0 Å². The highest BCUT2D eigenvalue weighted by Gasteiger charge is 2.36. The molecule has 2 aliphatic rings. The average Bonchev–Trinajstić information content (AvgIpc) is 3.13. The number of alkyl carbamates (subject to hydrolysis) is 1. The van der Waals surface area contributed by atoms with Crippen LogP contribution in [0, 0.1) is 5.92 Å². The van der Waals surface area contributed by atoms with E-state index in [2.05, 4.69) is 22.8 Å². The maximum absolute atomic E-state index is 13.6. The summed E-state index contributed by atoms with van der Waals surface area (Å²) in [5.74, 6) is -2.20. The third kappa shape index (κ3) is 6.82. The van der Waals surface area contributed by atoms with Crippen molar-refractivity contribution in [1.29, 1.82) is 0 Å². The van der Waals surface area contributed by atoms with Crippen molar-refractivity contribution in [2.75, 3.05) is 6.61 Å². The van der Waals surface area contributed by atoms with Gasteiger partial charge in [0, 0.05) is 12.0 Å². The minimum absolute atomic E-state index is 0.108. The van der Waals surface area contributed by atoms with Gasteiger partial charge in [0.15, 0.2) is 0 Å². The molecule has 220 valence electrons. The van der Waals surface area contributed by atoms with E-state index >= 15 is 0 Å². The summed E-state index contributed by atoms with van der Waals surface area (Å²) in [5.41, 5.74) is 5.36. The van der Waals surface area contributed by atoms with Gasteiger partial charge in [-0.3, -0.25) is 9.59 Å². The van der Waals surface area contributed by atoms with Crippen molar-refractivity contribution in [1.82, 2.24) is 10.6 Å². The van der Waals surface area contributed by atoms with E-state index in [9.17, 15) is 19.5 Å². The molecule has 0 aromatic heterocycles. The number of amides is 2. The summed E-state index contributed by atoms with van der Waals surface area (Å²) in [6.07, 6.45) is 2.20. The van der Waals surface area contributed by atoms with E-state index < -0.39 is 42.1 Å². The number of carboxylic acid groups (broad SMARTS) is 1. The maximum atomic E-state index is 13.6. The first-order chi connectivity index (χ1) is 20.4. The largest absolute Gasteiger partial charge is 0.481 e. The second kappa shape index (κ2) is 13.7. The predicted octanol–water partition coefficient (Wildman–Crippen LogP) is 5.65. The number of carbonyl (C=O) groups is 3. The number of nitrogens with one attached hydrogen (secondary N) is 2. The second-order valence-corrected chi connectivity index (χ2v) is 11.1. The summed E-state index contributed by atoms with van der Waals surface area (Å²) < 4.78 is 11.7. The normalized spacial score (nSPS) is 19.5. The molecule has 0 spiro atoms. The van der Waals surface area contributed by atoms with Crippen molar-refractivity contribution in [3.8, 4) is 11.1 Å². The Hall–Kier alpha value is -4.17. The summed E-state index contributed by atoms with van der Waals surface area (Å²) in [6, 6.07) is 24.1. The first-order valence-electron chi connectivity index (χ1n) is 14.7. The minimum atomic E-state index is -1.08. The Morgan fingerprint density at radius 2 is 1.48 bits per heavy atom. The molecule has 3 N–H and O–H groups in total. The van der Waals surface area contributed by atoms with Crippen LogP contribution in [0.4, 0.5) is 4.79 Å². The Labute approximate surface area is 246 Å². The summed E-state index contributed by atoms with van der Waals surface area (Å²) >= 11 is 0. The smallest absolute Gasteiger partial charge is 0.407 e. The van der Waals surface area contributed by atoms with Gasteiger partial charge in [0.25, 0.3) is 0 Å². The first kappa shape index (κ1) is 29.3. The van der Waals surface area contributed by atoms with Crippen molar-refractivity contribution in [2.45, 2.75) is 69.7 Å². The number of fused-ring (bicyclic) bond motifs is 3. The zero-order valence-corrected chi connectivity index (χ0v) is 23.8. The van der Waals surface area contributed by atoms with Gasteiger partial charge in [-0.2, -0.15) is 0 Å². The molecule has 5 rings (SSSR count). The zero-order valence-electron chi connectivity index (χ0n) is 23.8. The molecule has 1 fully saturated rings. The first-order valence-corrected chi connectivity index (χ1v) is 14.7. The van der Waals surface area contributed by atoms with E-state index in [1.165, 1.54) is 0 Å². The number of rotatable bonds is 10. The van der Waals surface area contributed by atoms with E-state index in [-0.39, 0.29) is 19.1 Å². The van der Waals surface area contributed by atoms with E-state index in [4.69, 9.17) is 9.47 Å². The minimum Gasteiger partial charge on any atom is -0.481 e. The van der Waals surface area contributed by atoms with Crippen LogP contribution in [0.3, 0.4) is 0 Å². The molecule has 3 aromatic rings. The topological polar surface area (TPSA) is 114 Å². The van der Waals surface area contributed by atoms with Crippen LogP contribution in [0.25, 0.3) is 11.1 Å². The number of carbonyl (C=O) groups excluding carboxylic acids is 2. The summed E-state index contributed by atoms with van der Waals surface area (Å²) in [6.45, 7) is 2.08. The summed E-state index contributed by atoms with van der Waals surface area (Å²) in [5, 5.41) is 15.5. The summed E-state index contributed by atoms with van der Waals surface area (Å²) in [4.78, 5) is 38.7. The molecule has 8 heteroatoms. The number of ether oxygens (including phenoxy) is 2. The van der Waals surface area contributed by atoms with Gasteiger partial charge in [0.05, 0.1) is 18.6 Å². The number of aliphatic carboxylic acids is 1. The Morgan fingerprint density at radius 1 is 0.857 bits per heavy atom. The fraction of sp³-hybridized carbons (Fsp3) is 0.382. The molecular formula is C34H38N2O6. The lowest BCUT2D eigenvalue weighted by Gasteiger charge is -2.29. The SMILES string of the molecule is CC(OCc1ccccc1)C(NC(=O)OCC1c2ccccc2-c2ccccc21)C(=O)N[C@@H]1CCCCC[C@@H]1C(=O)O. The number of hydrogen-bond acceptors (Lipinski definition) is 5. The van der Waals surface area contributed by atoms with Crippen molar-refractivity contribution in [3.05, 3.63) is 95.6 Å². The molecule has 42 heavy (non-hydrogen) atoms. The molecule has 0 heterocycles. The Balaban J connectivity index is 1.28. The van der Waals surface area contributed by atoms with Crippen molar-refractivity contribution >= 4 is 18.0 Å². The Bertz CT molecular complexity index is 1350. The van der Waals surface area contributed by atoms with Gasteiger partial charge in [0.2, 0.25) is 5.91 Å². The molecule has 2 unspecified atom stereocenters. The van der Waals surface area contributed by atoms with Crippen molar-refractivity contribution in [3.63, 3.8) is 0 Å². The lowest BCUT2D eigenvalue weighted by Crippen LogP contribution is -2.56. The third-order valence-corrected chi connectivity index (χ3v) is 8.39. The molecule has 2 aliphatic carbocycles. The van der Waals surface area contributed by atoms with Gasteiger partial charge in [-0.05, 0) is 47.6 Å². The number of carboxylic acids is 1. The Morgan fingerprint density at radius 3 is 2.14 bits per heavy atom. The van der Waals surface area contributed by atoms with Gasteiger partial charge < -0.3 is 25.2 Å². The fourth-order valence-electron chi connectivity index (χ4n) is 6.11. The van der Waals surface area contributed by atoms with Crippen LogP contribution in [-0.2, 0) is 25.7 Å². The number of benzene rings is 3. The molecule has 3 aromatic carbocycles. The molecular weight excluding hydrogens is 532 g/mol. The fourth-order valence-corrected chi connectivity index (χ4v) is 6.11. The molecule has 0 bridgehead atoms. The van der Waals surface area contributed by atoms with E-state index in [1.807, 2.05) is 66.7 Å². The quantitative estimate of drug-likeness (QED) is 0.272. The van der Waals surface area contributed by atoms with Crippen LogP contribution in [-0.4, -0.2) is 47.9 Å². The second-order valence-electron chi connectivity index (χ2n) is 11.1. The van der Waals surface area contributed by atoms with Crippen molar-refractivity contribution in [2.24, 2.45) is 5.92 Å². The standard InChI is InChI=1S/C34H38N2O6/c1-22(41-20-23-12-4-2-5-13-23)31(32(37)35-30-19-7-3-6-18-28(30)33(38)39)36-34(40)42-21-29-26-16-10-8-14-24(26)25-15-9-11-17-27(25)29/h2,4-5,8-17,22,28-31H,3,6-7,18-21H2,1H3,(H,35,37)(H,36,40)(H,38,39)/t22?,28-,30+,31?/m0/s1. The molecule has 4 atom stereocenters. The van der Waals surface area contributed by atoms with Crippen LogP contribution < -0.4 is 10.6 Å². The highest BCUT2D eigenvalue weighted by Crippen LogP contribution is 2.44. The van der Waals surface area contributed by atoms with E-state index in [0.717, 1.165) is 47.1 Å². The van der Waals surface area contributed by atoms with E-state index in [1.54, 1.807) is 6.92 Å². The number of hydrogen-bond donors (Lipinski definition) is 3. The molecule has 0 radical (unpaired) electrons. The highest BCUT2D eigenvalue weighted by molar-refractivity contribution is 5.87. The maximum Gasteiger partial charge on any atom is 0.407 e. The van der Waals surface area contributed by atoms with Crippen LogP contribution in [0.5, 0.6) is 0 Å². The molecule has 0 saturated heterocycles. The lowest BCUT2D eigenvalue weighted by molar-refractivity contribution is -0.143. The summed E-state index contributed by atoms with van der Waals surface area (Å²) in [7, 11) is 0. The van der Waals surface area contributed by atoms with Crippen LogP contribution in [0.15, 0.2) is 78.9 Å². The van der Waals surface area contributed by atoms with Gasteiger partial charge >= 0.3 is 12.1 Å². The monoisotopic (exact) mass is 570 g/mol. The van der Waals surface area contributed by atoms with Gasteiger partial charge in [0.1, 0.15) is 12.6 Å². The molecule has 8 nitrogen and oxygen atoms in total. The highest BCUT2D eigenvalue weighted by atomic mass is 16.5. The molecule has 0 aliphatic heterocycles.